The maximum absolute atomic E-state index is 13.7. The summed E-state index contributed by atoms with van der Waals surface area (Å²) in [5.41, 5.74) is -1.40. The van der Waals surface area contributed by atoms with Gasteiger partial charge < -0.3 is 38.1 Å². The molecule has 0 spiro atoms. The number of hydrogen-bond acceptors (Lipinski definition) is 14. The molecule has 0 aliphatic heterocycles. The van der Waals surface area contributed by atoms with Crippen LogP contribution in [0, 0.1) is 35.0 Å². The van der Waals surface area contributed by atoms with E-state index in [-0.39, 0.29) is 69.7 Å². The molecule has 4 aliphatic carbocycles. The average Bonchev–Trinajstić information content (AvgIpc) is 3.36. The van der Waals surface area contributed by atoms with Gasteiger partial charge in [0.25, 0.3) is 0 Å². The van der Waals surface area contributed by atoms with Gasteiger partial charge in [-0.1, -0.05) is 77.7 Å². The SMILES string of the molecule is CC/C=C\CCCCOC(=O)CCCCCCC(=O)OCC(COC(=O)CCCCCCC(=O)OCCCC/C=C\CC)(COC(=O)CC1C2CC3CC(C2)CC1C3)COC(=O)OCCCN(CC)CC. The van der Waals surface area contributed by atoms with Crippen LogP contribution in [0.2, 0.25) is 0 Å². The number of hydrogen-bond donors (Lipinski definition) is 0. The summed E-state index contributed by atoms with van der Waals surface area (Å²) in [5, 5.41) is 0. The van der Waals surface area contributed by atoms with Gasteiger partial charge in [0.05, 0.1) is 19.8 Å². The Morgan fingerprint density at radius 1 is 0.437 bits per heavy atom. The molecule has 0 saturated heterocycles. The number of carbonyl (C=O) groups excluding carboxylic acids is 6. The monoisotopic (exact) mass is 1000 g/mol. The topological polar surface area (TPSA) is 170 Å². The molecule has 406 valence electrons. The van der Waals surface area contributed by atoms with Crippen molar-refractivity contribution in [3.63, 3.8) is 0 Å². The zero-order valence-corrected chi connectivity index (χ0v) is 44.6. The Bertz CT molecular complexity index is 1480. The number of rotatable bonds is 42. The van der Waals surface area contributed by atoms with Crippen molar-refractivity contribution in [3.05, 3.63) is 24.3 Å². The lowest BCUT2D eigenvalue weighted by molar-refractivity contribution is -0.168. The highest BCUT2D eigenvalue weighted by Crippen LogP contribution is 2.57. The van der Waals surface area contributed by atoms with Crippen molar-refractivity contribution in [1.82, 2.24) is 4.90 Å². The molecule has 4 fully saturated rings. The molecule has 4 rings (SSSR count). The van der Waals surface area contributed by atoms with E-state index in [0.29, 0.717) is 89.3 Å². The minimum absolute atomic E-state index is 0.114. The zero-order chi connectivity index (χ0) is 51.4. The van der Waals surface area contributed by atoms with E-state index >= 15 is 0 Å². The van der Waals surface area contributed by atoms with Gasteiger partial charge in [-0.2, -0.15) is 0 Å². The predicted octanol–water partition coefficient (Wildman–Crippen LogP) is 12.0. The lowest BCUT2D eigenvalue weighted by Gasteiger charge is -2.54. The minimum Gasteiger partial charge on any atom is -0.466 e. The molecule has 0 aromatic heterocycles. The van der Waals surface area contributed by atoms with Gasteiger partial charge in [0.1, 0.15) is 31.8 Å². The van der Waals surface area contributed by atoms with E-state index in [2.05, 4.69) is 56.9 Å². The first-order valence-corrected chi connectivity index (χ1v) is 28.1. The van der Waals surface area contributed by atoms with E-state index in [1.54, 1.807) is 0 Å². The Morgan fingerprint density at radius 3 is 1.28 bits per heavy atom. The lowest BCUT2D eigenvalue weighted by Crippen LogP contribution is -2.46. The molecule has 14 nitrogen and oxygen atoms in total. The van der Waals surface area contributed by atoms with Gasteiger partial charge in [-0.15, -0.1) is 0 Å². The molecule has 0 amide bonds. The Kier molecular flexibility index (Phi) is 32.6. The Labute approximate surface area is 427 Å². The molecule has 4 aliphatic rings. The van der Waals surface area contributed by atoms with Crippen LogP contribution in [0.25, 0.3) is 0 Å². The summed E-state index contributed by atoms with van der Waals surface area (Å²) in [7, 11) is 0. The van der Waals surface area contributed by atoms with Crippen molar-refractivity contribution in [2.45, 2.75) is 201 Å². The van der Waals surface area contributed by atoms with Gasteiger partial charge in [0.15, 0.2) is 0 Å². The number of unbranched alkanes of at least 4 members (excludes halogenated alkanes) is 10. The highest BCUT2D eigenvalue weighted by Gasteiger charge is 2.49. The highest BCUT2D eigenvalue weighted by molar-refractivity contribution is 5.71. The number of nitrogens with zero attached hydrogens (tertiary/aromatic N) is 1. The summed E-state index contributed by atoms with van der Waals surface area (Å²) in [4.78, 5) is 79.8. The third kappa shape index (κ3) is 27.6. The molecular weight excluding hydrogens is 907 g/mol. The fraction of sp³-hybridized carbons (Fsp3) is 0.825. The normalized spacial score (nSPS) is 19.3. The largest absolute Gasteiger partial charge is 0.508 e. The number of ether oxygens (including phenoxy) is 7. The summed E-state index contributed by atoms with van der Waals surface area (Å²) in [6.45, 7) is 10.5. The first-order valence-electron chi connectivity index (χ1n) is 28.1. The fourth-order valence-electron chi connectivity index (χ4n) is 10.6. The van der Waals surface area contributed by atoms with Crippen LogP contribution >= 0.6 is 0 Å². The van der Waals surface area contributed by atoms with Crippen LogP contribution in [-0.4, -0.2) is 107 Å². The van der Waals surface area contributed by atoms with Crippen molar-refractivity contribution >= 4 is 36.0 Å². The van der Waals surface area contributed by atoms with E-state index in [9.17, 15) is 28.8 Å². The predicted molar refractivity (Wildman–Crippen MR) is 274 cm³/mol. The van der Waals surface area contributed by atoms with Gasteiger partial charge in [-0.05, 0) is 158 Å². The number of esters is 5. The van der Waals surface area contributed by atoms with Crippen molar-refractivity contribution in [2.75, 3.05) is 65.9 Å². The van der Waals surface area contributed by atoms with Gasteiger partial charge >= 0.3 is 36.0 Å². The van der Waals surface area contributed by atoms with Crippen LogP contribution in [0.4, 0.5) is 4.79 Å². The van der Waals surface area contributed by atoms with Gasteiger partial charge in [0.2, 0.25) is 0 Å². The standard InChI is InChI=1S/C57H95NO13/c1-5-9-11-13-19-25-33-65-51(59)28-21-15-17-23-30-53(61)68-42-57(45-71-56(64)67-35-27-32-58(7-3)8-4,44-70-55(63)41-50-48-37-46-36-47(39-48)40-49(50)38-46)43-69-54(62)31-24-18-16-22-29-52(60)66-34-26-20-14-12-10-6-2/h9-12,46-50H,5-8,13-45H2,1-4H3/b11-9-,12-10-. The van der Waals surface area contributed by atoms with Crippen LogP contribution in [-0.2, 0) is 57.1 Å². The van der Waals surface area contributed by atoms with Crippen molar-refractivity contribution < 1.29 is 61.9 Å². The quantitative estimate of drug-likeness (QED) is 0.0245. The molecule has 0 heterocycles. The molecule has 71 heavy (non-hydrogen) atoms. The fourth-order valence-corrected chi connectivity index (χ4v) is 10.6. The first kappa shape index (κ1) is 61.4. The Hall–Kier alpha value is -3.94. The highest BCUT2D eigenvalue weighted by atomic mass is 16.7. The maximum atomic E-state index is 13.7. The molecule has 0 atom stereocenters. The summed E-state index contributed by atoms with van der Waals surface area (Å²) in [6, 6.07) is 0. The molecule has 0 radical (unpaired) electrons. The van der Waals surface area contributed by atoms with Crippen LogP contribution in [0.5, 0.6) is 0 Å². The second-order valence-corrected chi connectivity index (χ2v) is 20.6. The van der Waals surface area contributed by atoms with Crippen LogP contribution in [0.1, 0.15) is 201 Å². The zero-order valence-electron chi connectivity index (χ0n) is 44.6. The molecule has 0 aromatic rings. The first-order chi connectivity index (χ1) is 34.5. The van der Waals surface area contributed by atoms with Gasteiger partial charge in [0, 0.05) is 38.6 Å². The third-order valence-electron chi connectivity index (χ3n) is 14.6. The molecule has 4 bridgehead atoms. The van der Waals surface area contributed by atoms with Crippen LogP contribution in [0.15, 0.2) is 24.3 Å². The van der Waals surface area contributed by atoms with Gasteiger partial charge in [-0.25, -0.2) is 4.79 Å². The molecule has 0 N–H and O–H groups in total. The Balaban J connectivity index is 1.56. The average molecular weight is 1000 g/mol. The number of allylic oxidation sites excluding steroid dienone is 4. The summed E-state index contributed by atoms with van der Waals surface area (Å²) < 4.78 is 39.5. The summed E-state index contributed by atoms with van der Waals surface area (Å²) >= 11 is 0. The second-order valence-electron chi connectivity index (χ2n) is 20.6. The molecule has 4 saturated carbocycles. The second kappa shape index (κ2) is 37.8. The molecule has 0 aromatic carbocycles. The van der Waals surface area contributed by atoms with E-state index < -0.39 is 23.5 Å². The maximum Gasteiger partial charge on any atom is 0.508 e. The van der Waals surface area contributed by atoms with Crippen molar-refractivity contribution in [2.24, 2.45) is 35.0 Å². The lowest BCUT2D eigenvalue weighted by atomic mass is 9.51. The van der Waals surface area contributed by atoms with E-state index in [1.165, 1.54) is 32.1 Å². The molecule has 14 heteroatoms. The van der Waals surface area contributed by atoms with Crippen molar-refractivity contribution in [3.8, 4) is 0 Å². The van der Waals surface area contributed by atoms with E-state index in [4.69, 9.17) is 33.2 Å². The smallest absolute Gasteiger partial charge is 0.466 e. The Morgan fingerprint density at radius 2 is 0.845 bits per heavy atom. The van der Waals surface area contributed by atoms with Crippen LogP contribution < -0.4 is 0 Å². The minimum atomic E-state index is -1.40. The van der Waals surface area contributed by atoms with E-state index in [1.807, 2.05) is 0 Å². The third-order valence-corrected chi connectivity index (χ3v) is 14.6. The van der Waals surface area contributed by atoms with Crippen molar-refractivity contribution in [1.29, 1.82) is 0 Å². The summed E-state index contributed by atoms with van der Waals surface area (Å²) in [5.74, 6) is 1.08. The molecular formula is C57H95NO13. The van der Waals surface area contributed by atoms with E-state index in [0.717, 1.165) is 95.7 Å². The van der Waals surface area contributed by atoms with Gasteiger partial charge in [-0.3, -0.25) is 24.0 Å². The van der Waals surface area contributed by atoms with Crippen LogP contribution in [0.3, 0.4) is 0 Å². The molecule has 0 unspecified atom stereocenters. The summed E-state index contributed by atoms with van der Waals surface area (Å²) in [6.07, 6.45) is 28.4. The number of carbonyl (C=O) groups is 6.